The van der Waals surface area contributed by atoms with Crippen molar-refractivity contribution in [1.29, 1.82) is 0 Å². The Hall–Kier alpha value is -3.53. The van der Waals surface area contributed by atoms with Crippen molar-refractivity contribution in [3.63, 3.8) is 0 Å². The molecule has 2 saturated heterocycles. The quantitative estimate of drug-likeness (QED) is 0.333. The van der Waals surface area contributed by atoms with Crippen LogP contribution in [0.5, 0.6) is 0 Å². The Balaban J connectivity index is 1.50. The van der Waals surface area contributed by atoms with E-state index >= 15 is 0 Å². The van der Waals surface area contributed by atoms with E-state index in [-0.39, 0.29) is 23.1 Å². The number of anilines is 1. The molecule has 178 valence electrons. The number of rotatable bonds is 4. The molecule has 0 saturated carbocycles. The number of hydrogen-bond donors (Lipinski definition) is 1. The van der Waals surface area contributed by atoms with Gasteiger partial charge in [0.2, 0.25) is 5.91 Å². The first-order valence-electron chi connectivity index (χ1n) is 11.0. The third-order valence-electron chi connectivity index (χ3n) is 5.98. The highest BCUT2D eigenvalue weighted by Crippen LogP contribution is 2.27. The fourth-order valence-electron chi connectivity index (χ4n) is 4.22. The molecule has 3 amide bonds. The number of para-hydroxylation sites is 1. The molecule has 35 heavy (non-hydrogen) atoms. The number of benzene rings is 2. The van der Waals surface area contributed by atoms with Gasteiger partial charge in [-0.1, -0.05) is 29.8 Å². The van der Waals surface area contributed by atoms with E-state index in [2.05, 4.69) is 5.32 Å². The van der Waals surface area contributed by atoms with Crippen molar-refractivity contribution in [2.75, 3.05) is 31.2 Å². The van der Waals surface area contributed by atoms with E-state index in [1.807, 2.05) is 28.8 Å². The summed E-state index contributed by atoms with van der Waals surface area (Å²) in [5, 5.41) is 3.93. The Kier molecular flexibility index (Phi) is 6.38. The number of ether oxygens (including phenoxy) is 1. The maximum absolute atomic E-state index is 13.4. The van der Waals surface area contributed by atoms with Crippen LogP contribution in [-0.2, 0) is 25.7 Å². The van der Waals surface area contributed by atoms with Gasteiger partial charge in [-0.15, -0.1) is 0 Å². The summed E-state index contributed by atoms with van der Waals surface area (Å²) < 4.78 is 7.17. The van der Waals surface area contributed by atoms with Gasteiger partial charge >= 0.3 is 0 Å². The number of aromatic nitrogens is 1. The van der Waals surface area contributed by atoms with Gasteiger partial charge in [0.1, 0.15) is 12.1 Å². The van der Waals surface area contributed by atoms with E-state index < -0.39 is 11.8 Å². The summed E-state index contributed by atoms with van der Waals surface area (Å²) in [5.74, 6) is -1.13. The Morgan fingerprint density at radius 1 is 1.09 bits per heavy atom. The minimum absolute atomic E-state index is 0.00184. The fraction of sp³-hybridized carbons (Fsp3) is 0.200. The molecular weight excluding hydrogens is 488 g/mol. The average molecular weight is 509 g/mol. The lowest BCUT2D eigenvalue weighted by Crippen LogP contribution is -2.54. The zero-order valence-electron chi connectivity index (χ0n) is 18.6. The van der Waals surface area contributed by atoms with Gasteiger partial charge in [0, 0.05) is 40.8 Å². The molecular formula is C25H21ClN4O4S. The molecule has 2 aliphatic heterocycles. The normalized spacial score (nSPS) is 17.9. The second-order valence-electron chi connectivity index (χ2n) is 8.16. The second-order valence-corrected chi connectivity index (χ2v) is 8.98. The first-order chi connectivity index (χ1) is 16.9. The van der Waals surface area contributed by atoms with Crippen LogP contribution in [0.1, 0.15) is 5.56 Å². The highest BCUT2D eigenvalue weighted by molar-refractivity contribution is 7.80. The molecule has 0 radical (unpaired) electrons. The van der Waals surface area contributed by atoms with E-state index in [1.54, 1.807) is 41.4 Å². The van der Waals surface area contributed by atoms with Gasteiger partial charge in [-0.25, -0.2) is 0 Å². The molecule has 3 heterocycles. The lowest BCUT2D eigenvalue weighted by Gasteiger charge is -2.28. The number of nitrogens with one attached hydrogen (secondary N) is 1. The van der Waals surface area contributed by atoms with Gasteiger partial charge in [0.05, 0.1) is 18.9 Å². The molecule has 10 heteroatoms. The third-order valence-corrected chi connectivity index (χ3v) is 6.51. The molecule has 0 unspecified atom stereocenters. The van der Waals surface area contributed by atoms with E-state index in [1.165, 1.54) is 4.90 Å². The van der Waals surface area contributed by atoms with Crippen LogP contribution in [0.15, 0.2) is 60.3 Å². The van der Waals surface area contributed by atoms with Crippen LogP contribution in [-0.4, -0.2) is 58.6 Å². The van der Waals surface area contributed by atoms with Crippen molar-refractivity contribution in [3.8, 4) is 0 Å². The van der Waals surface area contributed by atoms with Gasteiger partial charge in [-0.05, 0) is 48.6 Å². The third kappa shape index (κ3) is 4.58. The highest BCUT2D eigenvalue weighted by Gasteiger charge is 2.34. The summed E-state index contributed by atoms with van der Waals surface area (Å²) in [6.07, 6.45) is 3.33. The predicted octanol–water partition coefficient (Wildman–Crippen LogP) is 2.98. The first-order valence-corrected chi connectivity index (χ1v) is 11.8. The zero-order chi connectivity index (χ0) is 24.5. The van der Waals surface area contributed by atoms with Crippen molar-refractivity contribution < 1.29 is 19.1 Å². The number of amides is 3. The number of carbonyl (C=O) groups is 3. The number of fused-ring (bicyclic) bond motifs is 1. The van der Waals surface area contributed by atoms with Crippen LogP contribution in [0.2, 0.25) is 5.02 Å². The number of carbonyl (C=O) groups excluding carboxylic acids is 3. The Labute approximate surface area is 211 Å². The van der Waals surface area contributed by atoms with Gasteiger partial charge in [0.25, 0.3) is 11.8 Å². The summed E-state index contributed by atoms with van der Waals surface area (Å²) >= 11 is 11.2. The van der Waals surface area contributed by atoms with Gasteiger partial charge in [0.15, 0.2) is 5.11 Å². The number of nitrogens with zero attached hydrogens (tertiary/aromatic N) is 3. The first kappa shape index (κ1) is 23.2. The van der Waals surface area contributed by atoms with Crippen molar-refractivity contribution >= 4 is 69.3 Å². The average Bonchev–Trinajstić information content (AvgIpc) is 3.20. The van der Waals surface area contributed by atoms with Crippen molar-refractivity contribution in [2.24, 2.45) is 0 Å². The van der Waals surface area contributed by atoms with Gasteiger partial charge in [-0.3, -0.25) is 24.6 Å². The van der Waals surface area contributed by atoms with E-state index in [4.69, 9.17) is 28.6 Å². The molecule has 1 N–H and O–H groups in total. The maximum Gasteiger partial charge on any atom is 0.270 e. The van der Waals surface area contributed by atoms with E-state index in [0.717, 1.165) is 10.9 Å². The molecule has 1 aromatic heterocycles. The molecule has 0 bridgehead atoms. The van der Waals surface area contributed by atoms with Crippen LogP contribution < -0.4 is 10.2 Å². The molecule has 2 fully saturated rings. The Morgan fingerprint density at radius 3 is 2.54 bits per heavy atom. The van der Waals surface area contributed by atoms with Crippen molar-refractivity contribution in [3.05, 3.63) is 70.9 Å². The molecule has 0 spiro atoms. The summed E-state index contributed by atoms with van der Waals surface area (Å²) in [6.45, 7) is 2.32. The van der Waals surface area contributed by atoms with E-state index in [0.29, 0.717) is 42.6 Å². The lowest BCUT2D eigenvalue weighted by molar-refractivity contribution is -0.135. The molecule has 2 aliphatic rings. The maximum atomic E-state index is 13.4. The van der Waals surface area contributed by atoms with Crippen LogP contribution in [0.3, 0.4) is 0 Å². The van der Waals surface area contributed by atoms with Crippen LogP contribution in [0.25, 0.3) is 17.0 Å². The zero-order valence-corrected chi connectivity index (χ0v) is 20.1. The minimum Gasteiger partial charge on any atom is -0.378 e. The fourth-order valence-corrected chi connectivity index (χ4v) is 4.62. The smallest absolute Gasteiger partial charge is 0.270 e. The number of halogens is 1. The molecule has 2 aromatic carbocycles. The summed E-state index contributed by atoms with van der Waals surface area (Å²) in [4.78, 5) is 42.0. The summed E-state index contributed by atoms with van der Waals surface area (Å²) in [7, 11) is 0. The standard InChI is InChI=1S/C25H21ClN4O4S/c26-17-5-7-18(8-6-17)30-24(33)20(23(32)27-25(30)35)13-16-14-29(21-4-2-1-3-19(16)21)15-22(31)28-9-11-34-12-10-28/h1-8,13-14H,9-12,15H2,(H,27,32,35)/b20-13-. The molecule has 3 aromatic rings. The van der Waals surface area contributed by atoms with Crippen molar-refractivity contribution in [1.82, 2.24) is 14.8 Å². The molecule has 5 rings (SSSR count). The monoisotopic (exact) mass is 508 g/mol. The molecule has 0 aliphatic carbocycles. The topological polar surface area (TPSA) is 83.9 Å². The number of morpholine rings is 1. The predicted molar refractivity (Wildman–Crippen MR) is 137 cm³/mol. The highest BCUT2D eigenvalue weighted by atomic mass is 35.5. The van der Waals surface area contributed by atoms with E-state index in [9.17, 15) is 14.4 Å². The van der Waals surface area contributed by atoms with Crippen molar-refractivity contribution in [2.45, 2.75) is 6.54 Å². The molecule has 0 atom stereocenters. The lowest BCUT2D eigenvalue weighted by atomic mass is 10.1. The SMILES string of the molecule is O=C1NC(=S)N(c2ccc(Cl)cc2)C(=O)/C1=C\c1cn(CC(=O)N2CCOCC2)c2ccccc12. The minimum atomic E-state index is -0.577. The Bertz CT molecular complexity index is 1380. The van der Waals surface area contributed by atoms with Crippen LogP contribution in [0, 0.1) is 0 Å². The molecule has 8 nitrogen and oxygen atoms in total. The van der Waals surface area contributed by atoms with Crippen LogP contribution >= 0.6 is 23.8 Å². The second kappa shape index (κ2) is 9.61. The van der Waals surface area contributed by atoms with Gasteiger partial charge < -0.3 is 14.2 Å². The summed E-state index contributed by atoms with van der Waals surface area (Å²) in [5.41, 5.74) is 1.91. The van der Waals surface area contributed by atoms with Crippen LogP contribution in [0.4, 0.5) is 5.69 Å². The Morgan fingerprint density at radius 2 is 1.80 bits per heavy atom. The number of hydrogen-bond acceptors (Lipinski definition) is 5. The summed E-state index contributed by atoms with van der Waals surface area (Å²) in [6, 6.07) is 14.2. The number of thiocarbonyl (C=S) groups is 1. The largest absolute Gasteiger partial charge is 0.378 e. The van der Waals surface area contributed by atoms with Gasteiger partial charge in [-0.2, -0.15) is 0 Å².